The Hall–Kier alpha value is -2.26. The Balaban J connectivity index is 1.96. The second-order valence-corrected chi connectivity index (χ2v) is 4.63. The largest absolute Gasteiger partial charge is 0.465 e. The van der Waals surface area contributed by atoms with Crippen LogP contribution in [0.15, 0.2) is 66.4 Å². The average molecular weight is 288 g/mol. The van der Waals surface area contributed by atoms with Gasteiger partial charge in [0.25, 0.3) is 5.91 Å². The zero-order valence-electron chi connectivity index (χ0n) is 11.0. The summed E-state index contributed by atoms with van der Waals surface area (Å²) in [7, 11) is 0. The molecular weight excluding hydrogens is 274 g/mol. The van der Waals surface area contributed by atoms with Crippen molar-refractivity contribution in [1.29, 1.82) is 0 Å². The van der Waals surface area contributed by atoms with Crippen molar-refractivity contribution >= 4 is 23.2 Å². The highest BCUT2D eigenvalue weighted by atomic mass is 35.5. The molecule has 102 valence electrons. The number of nitrogens with one attached hydrogen (secondary N) is 1. The van der Waals surface area contributed by atoms with Crippen LogP contribution in [0.2, 0.25) is 5.02 Å². The van der Waals surface area contributed by atoms with Crippen LogP contribution >= 0.6 is 11.6 Å². The van der Waals surface area contributed by atoms with Crippen molar-refractivity contribution < 1.29 is 9.53 Å². The number of amides is 1. The third kappa shape index (κ3) is 4.14. The quantitative estimate of drug-likeness (QED) is 0.674. The summed E-state index contributed by atoms with van der Waals surface area (Å²) in [5.74, 6) is 0.423. The predicted octanol–water partition coefficient (Wildman–Crippen LogP) is 4.26. The van der Waals surface area contributed by atoms with Gasteiger partial charge in [-0.3, -0.25) is 4.79 Å². The van der Waals surface area contributed by atoms with Crippen LogP contribution in [-0.2, 0) is 4.79 Å². The van der Waals surface area contributed by atoms with Crippen molar-refractivity contribution in [2.45, 2.75) is 6.92 Å². The lowest BCUT2D eigenvalue weighted by Gasteiger charge is -2.06. The fourth-order valence-corrected chi connectivity index (χ4v) is 1.60. The van der Waals surface area contributed by atoms with E-state index in [2.05, 4.69) is 5.32 Å². The molecule has 2 aromatic rings. The van der Waals surface area contributed by atoms with Crippen molar-refractivity contribution in [3.8, 4) is 5.75 Å². The molecule has 0 aliphatic rings. The Bertz CT molecular complexity index is 606. The minimum Gasteiger partial charge on any atom is -0.465 e. The maximum absolute atomic E-state index is 11.9. The first-order chi connectivity index (χ1) is 9.65. The van der Waals surface area contributed by atoms with E-state index in [-0.39, 0.29) is 5.91 Å². The maximum atomic E-state index is 11.9. The molecule has 0 unspecified atom stereocenters. The van der Waals surface area contributed by atoms with Crippen molar-refractivity contribution in [3.63, 3.8) is 0 Å². The van der Waals surface area contributed by atoms with Crippen LogP contribution in [0.1, 0.15) is 6.92 Å². The fourth-order valence-electron chi connectivity index (χ4n) is 1.47. The molecule has 0 aromatic heterocycles. The van der Waals surface area contributed by atoms with Crippen LogP contribution in [-0.4, -0.2) is 5.91 Å². The number of hydrogen-bond acceptors (Lipinski definition) is 2. The van der Waals surface area contributed by atoms with E-state index >= 15 is 0 Å². The number of halogens is 1. The molecule has 1 N–H and O–H groups in total. The molecule has 4 heteroatoms. The highest BCUT2D eigenvalue weighted by Gasteiger charge is 2.05. The van der Waals surface area contributed by atoms with E-state index < -0.39 is 0 Å². The van der Waals surface area contributed by atoms with Gasteiger partial charge in [0.2, 0.25) is 0 Å². The topological polar surface area (TPSA) is 38.3 Å². The highest BCUT2D eigenvalue weighted by molar-refractivity contribution is 6.30. The maximum Gasteiger partial charge on any atom is 0.254 e. The number of para-hydroxylation sites is 1. The molecular formula is C16H14ClNO2. The van der Waals surface area contributed by atoms with E-state index in [4.69, 9.17) is 16.3 Å². The van der Waals surface area contributed by atoms with Gasteiger partial charge in [0.1, 0.15) is 5.75 Å². The van der Waals surface area contributed by atoms with Crippen LogP contribution in [0.25, 0.3) is 0 Å². The third-order valence-corrected chi connectivity index (χ3v) is 2.83. The van der Waals surface area contributed by atoms with Crippen molar-refractivity contribution in [3.05, 3.63) is 71.5 Å². The SMILES string of the molecule is CC(=COc1ccc(Cl)cc1)C(=O)Nc1ccccc1. The first kappa shape index (κ1) is 14.2. The van der Waals surface area contributed by atoms with Gasteiger partial charge in [0, 0.05) is 16.3 Å². The first-order valence-corrected chi connectivity index (χ1v) is 6.48. The standard InChI is InChI=1S/C16H14ClNO2/c1-12(11-20-15-9-7-13(17)8-10-15)16(19)18-14-5-3-2-4-6-14/h2-11H,1H3,(H,18,19). The minimum absolute atomic E-state index is 0.204. The molecule has 2 aromatic carbocycles. The number of rotatable bonds is 4. The van der Waals surface area contributed by atoms with Crippen LogP contribution < -0.4 is 10.1 Å². The third-order valence-electron chi connectivity index (χ3n) is 2.58. The normalized spacial score (nSPS) is 11.0. The van der Waals surface area contributed by atoms with Gasteiger partial charge < -0.3 is 10.1 Å². The van der Waals surface area contributed by atoms with Crippen LogP contribution in [0.4, 0.5) is 5.69 Å². The van der Waals surface area contributed by atoms with Gasteiger partial charge in [-0.15, -0.1) is 0 Å². The molecule has 0 aliphatic heterocycles. The zero-order valence-corrected chi connectivity index (χ0v) is 11.7. The van der Waals surface area contributed by atoms with Gasteiger partial charge >= 0.3 is 0 Å². The van der Waals surface area contributed by atoms with Crippen LogP contribution in [0.5, 0.6) is 5.75 Å². The summed E-state index contributed by atoms with van der Waals surface area (Å²) >= 11 is 5.78. The summed E-state index contributed by atoms with van der Waals surface area (Å²) < 4.78 is 5.40. The van der Waals surface area contributed by atoms with Gasteiger partial charge in [0.05, 0.1) is 6.26 Å². The Labute approximate surface area is 122 Å². The number of carbonyl (C=O) groups excluding carboxylic acids is 1. The first-order valence-electron chi connectivity index (χ1n) is 6.10. The summed E-state index contributed by atoms with van der Waals surface area (Å²) in [6, 6.07) is 16.2. The van der Waals surface area contributed by atoms with Crippen molar-refractivity contribution in [2.75, 3.05) is 5.32 Å². The van der Waals surface area contributed by atoms with E-state index in [0.717, 1.165) is 5.69 Å². The second-order valence-electron chi connectivity index (χ2n) is 4.19. The minimum atomic E-state index is -0.204. The summed E-state index contributed by atoms with van der Waals surface area (Å²) in [6.07, 6.45) is 1.42. The molecule has 2 rings (SSSR count). The van der Waals surface area contributed by atoms with Gasteiger partial charge in [0.15, 0.2) is 0 Å². The molecule has 0 fully saturated rings. The van der Waals surface area contributed by atoms with E-state index in [1.54, 1.807) is 31.2 Å². The van der Waals surface area contributed by atoms with Gasteiger partial charge in [-0.05, 0) is 43.3 Å². The van der Waals surface area contributed by atoms with Gasteiger partial charge in [-0.25, -0.2) is 0 Å². The summed E-state index contributed by atoms with van der Waals surface area (Å²) in [4.78, 5) is 11.9. The predicted molar refractivity (Wildman–Crippen MR) is 80.9 cm³/mol. The van der Waals surface area contributed by atoms with Crippen LogP contribution in [0.3, 0.4) is 0 Å². The molecule has 20 heavy (non-hydrogen) atoms. The molecule has 0 radical (unpaired) electrons. The molecule has 3 nitrogen and oxygen atoms in total. The lowest BCUT2D eigenvalue weighted by molar-refractivity contribution is -0.112. The van der Waals surface area contributed by atoms with Crippen molar-refractivity contribution in [1.82, 2.24) is 0 Å². The van der Waals surface area contributed by atoms with E-state index in [9.17, 15) is 4.79 Å². The summed E-state index contributed by atoms with van der Waals surface area (Å²) in [5.41, 5.74) is 1.22. The monoisotopic (exact) mass is 287 g/mol. The Kier molecular flexibility index (Phi) is 4.80. The number of anilines is 1. The highest BCUT2D eigenvalue weighted by Crippen LogP contribution is 2.16. The van der Waals surface area contributed by atoms with Gasteiger partial charge in [-0.1, -0.05) is 29.8 Å². The number of hydrogen-bond donors (Lipinski definition) is 1. The molecule has 0 aliphatic carbocycles. The molecule has 0 atom stereocenters. The van der Waals surface area contributed by atoms with Crippen molar-refractivity contribution in [2.24, 2.45) is 0 Å². The number of carbonyl (C=O) groups is 1. The Morgan fingerprint density at radius 3 is 2.40 bits per heavy atom. The van der Waals surface area contributed by atoms with E-state index in [1.807, 2.05) is 30.3 Å². The lowest BCUT2D eigenvalue weighted by Crippen LogP contribution is -2.13. The van der Waals surface area contributed by atoms with Gasteiger partial charge in [-0.2, -0.15) is 0 Å². The molecule has 1 amide bonds. The Morgan fingerprint density at radius 1 is 1.10 bits per heavy atom. The molecule has 0 saturated carbocycles. The summed E-state index contributed by atoms with van der Waals surface area (Å²) in [5, 5.41) is 3.42. The second kappa shape index (κ2) is 6.78. The number of ether oxygens (including phenoxy) is 1. The number of benzene rings is 2. The molecule has 0 spiro atoms. The smallest absolute Gasteiger partial charge is 0.254 e. The fraction of sp³-hybridized carbons (Fsp3) is 0.0625. The summed E-state index contributed by atoms with van der Waals surface area (Å²) in [6.45, 7) is 1.69. The van der Waals surface area contributed by atoms with E-state index in [1.165, 1.54) is 6.26 Å². The lowest BCUT2D eigenvalue weighted by atomic mass is 10.2. The molecule has 0 heterocycles. The molecule has 0 bridgehead atoms. The van der Waals surface area contributed by atoms with Crippen LogP contribution in [0, 0.1) is 0 Å². The zero-order chi connectivity index (χ0) is 14.4. The molecule has 0 saturated heterocycles. The van der Waals surface area contributed by atoms with E-state index in [0.29, 0.717) is 16.3 Å². The Morgan fingerprint density at radius 2 is 1.75 bits per heavy atom. The average Bonchev–Trinajstić information content (AvgIpc) is 2.47.